The molecular formula is C12H17N3O2. The third kappa shape index (κ3) is 2.18. The van der Waals surface area contributed by atoms with Crippen LogP contribution in [0.2, 0.25) is 0 Å². The average Bonchev–Trinajstić information content (AvgIpc) is 2.59. The molecule has 1 aliphatic heterocycles. The zero-order chi connectivity index (χ0) is 12.6. The summed E-state index contributed by atoms with van der Waals surface area (Å²) in [6, 6.07) is 1.56. The number of anilines is 2. The van der Waals surface area contributed by atoms with Crippen LogP contribution in [0, 0.1) is 11.8 Å². The van der Waals surface area contributed by atoms with E-state index in [0.717, 1.165) is 13.1 Å². The van der Waals surface area contributed by atoms with Crippen LogP contribution in [0.25, 0.3) is 0 Å². The first-order valence-electron chi connectivity index (χ1n) is 5.72. The second kappa shape index (κ2) is 4.24. The van der Waals surface area contributed by atoms with Gasteiger partial charge in [-0.05, 0) is 17.9 Å². The lowest BCUT2D eigenvalue weighted by atomic mass is 10.0. The van der Waals surface area contributed by atoms with Crippen molar-refractivity contribution in [2.24, 2.45) is 11.8 Å². The molecule has 0 spiro atoms. The predicted octanol–water partition coefficient (Wildman–Crippen LogP) is 1.45. The van der Waals surface area contributed by atoms with Gasteiger partial charge in [0.05, 0.1) is 17.4 Å². The monoisotopic (exact) mass is 235 g/mol. The summed E-state index contributed by atoms with van der Waals surface area (Å²) in [5.41, 5.74) is 5.92. The van der Waals surface area contributed by atoms with E-state index in [4.69, 9.17) is 10.8 Å². The van der Waals surface area contributed by atoms with Gasteiger partial charge in [0.25, 0.3) is 0 Å². The Morgan fingerprint density at radius 3 is 2.59 bits per heavy atom. The number of nitrogen functional groups attached to an aromatic ring is 1. The Bertz CT molecular complexity index is 437. The molecule has 5 heteroatoms. The maximum Gasteiger partial charge on any atom is 0.337 e. The van der Waals surface area contributed by atoms with Crippen molar-refractivity contribution in [3.63, 3.8) is 0 Å². The number of carboxylic acids is 1. The SMILES string of the molecule is CC1CN(c2cc(C(=O)O)c(N)cn2)CC1C. The molecule has 0 amide bonds. The zero-order valence-corrected chi connectivity index (χ0v) is 10.1. The summed E-state index contributed by atoms with van der Waals surface area (Å²) in [4.78, 5) is 17.3. The first-order valence-corrected chi connectivity index (χ1v) is 5.72. The summed E-state index contributed by atoms with van der Waals surface area (Å²) in [5.74, 6) is 0.893. The van der Waals surface area contributed by atoms with Crippen molar-refractivity contribution in [1.82, 2.24) is 4.98 Å². The molecule has 1 aliphatic rings. The molecule has 5 nitrogen and oxygen atoms in total. The van der Waals surface area contributed by atoms with Crippen molar-refractivity contribution in [3.05, 3.63) is 17.8 Å². The lowest BCUT2D eigenvalue weighted by Crippen LogP contribution is -2.21. The van der Waals surface area contributed by atoms with Crippen LogP contribution in [0.1, 0.15) is 24.2 Å². The molecule has 17 heavy (non-hydrogen) atoms. The van der Waals surface area contributed by atoms with Gasteiger partial charge in [0.2, 0.25) is 0 Å². The van der Waals surface area contributed by atoms with Gasteiger partial charge < -0.3 is 15.7 Å². The largest absolute Gasteiger partial charge is 0.478 e. The van der Waals surface area contributed by atoms with Gasteiger partial charge in [0.15, 0.2) is 0 Å². The van der Waals surface area contributed by atoms with Gasteiger partial charge in [-0.25, -0.2) is 9.78 Å². The number of hydrogen-bond acceptors (Lipinski definition) is 4. The van der Waals surface area contributed by atoms with Crippen LogP contribution in [0.15, 0.2) is 12.3 Å². The Morgan fingerprint density at radius 1 is 1.47 bits per heavy atom. The first kappa shape index (κ1) is 11.7. The minimum absolute atomic E-state index is 0.127. The van der Waals surface area contributed by atoms with Crippen LogP contribution in [0.5, 0.6) is 0 Å². The van der Waals surface area contributed by atoms with Gasteiger partial charge in [-0.15, -0.1) is 0 Å². The third-order valence-electron chi connectivity index (χ3n) is 3.46. The molecule has 1 aromatic rings. The number of carbonyl (C=O) groups is 1. The minimum atomic E-state index is -1.01. The van der Waals surface area contributed by atoms with E-state index in [2.05, 4.69) is 23.7 Å². The topological polar surface area (TPSA) is 79.5 Å². The van der Waals surface area contributed by atoms with E-state index in [-0.39, 0.29) is 11.3 Å². The Hall–Kier alpha value is -1.78. The van der Waals surface area contributed by atoms with Gasteiger partial charge >= 0.3 is 5.97 Å². The molecule has 1 saturated heterocycles. The lowest BCUT2D eigenvalue weighted by Gasteiger charge is -2.17. The van der Waals surface area contributed by atoms with Crippen molar-refractivity contribution in [3.8, 4) is 0 Å². The van der Waals surface area contributed by atoms with Gasteiger partial charge in [0.1, 0.15) is 5.82 Å². The second-order valence-electron chi connectivity index (χ2n) is 4.79. The highest BCUT2D eigenvalue weighted by molar-refractivity contribution is 5.94. The minimum Gasteiger partial charge on any atom is -0.478 e. The molecule has 92 valence electrons. The van der Waals surface area contributed by atoms with E-state index in [0.29, 0.717) is 17.7 Å². The van der Waals surface area contributed by atoms with Crippen molar-refractivity contribution < 1.29 is 9.90 Å². The molecule has 2 heterocycles. The second-order valence-corrected chi connectivity index (χ2v) is 4.79. The fourth-order valence-electron chi connectivity index (χ4n) is 2.13. The fraction of sp³-hybridized carbons (Fsp3) is 0.500. The Labute approximate surface area is 100 Å². The molecule has 2 rings (SSSR count). The van der Waals surface area contributed by atoms with E-state index >= 15 is 0 Å². The van der Waals surface area contributed by atoms with Crippen LogP contribution >= 0.6 is 0 Å². The molecule has 1 fully saturated rings. The molecule has 0 bridgehead atoms. The fourth-order valence-corrected chi connectivity index (χ4v) is 2.13. The maximum absolute atomic E-state index is 11.0. The smallest absolute Gasteiger partial charge is 0.337 e. The van der Waals surface area contributed by atoms with E-state index < -0.39 is 5.97 Å². The average molecular weight is 235 g/mol. The van der Waals surface area contributed by atoms with E-state index in [1.165, 1.54) is 6.20 Å². The highest BCUT2D eigenvalue weighted by atomic mass is 16.4. The zero-order valence-electron chi connectivity index (χ0n) is 10.1. The number of hydrogen-bond donors (Lipinski definition) is 2. The Balaban J connectivity index is 2.28. The van der Waals surface area contributed by atoms with Crippen LogP contribution in [-0.2, 0) is 0 Å². The van der Waals surface area contributed by atoms with Crippen molar-refractivity contribution in [2.45, 2.75) is 13.8 Å². The molecule has 0 aromatic carbocycles. The predicted molar refractivity (Wildman–Crippen MR) is 66.1 cm³/mol. The number of aromatic carboxylic acids is 1. The Kier molecular flexibility index (Phi) is 2.92. The number of rotatable bonds is 2. The number of nitrogens with two attached hydrogens (primary N) is 1. The summed E-state index contributed by atoms with van der Waals surface area (Å²) >= 11 is 0. The quantitative estimate of drug-likeness (QED) is 0.811. The van der Waals surface area contributed by atoms with Gasteiger partial charge in [-0.3, -0.25) is 0 Å². The molecular weight excluding hydrogens is 218 g/mol. The van der Waals surface area contributed by atoms with Crippen molar-refractivity contribution in [1.29, 1.82) is 0 Å². The molecule has 0 saturated carbocycles. The van der Waals surface area contributed by atoms with Crippen molar-refractivity contribution in [2.75, 3.05) is 23.7 Å². The number of nitrogens with zero attached hydrogens (tertiary/aromatic N) is 2. The van der Waals surface area contributed by atoms with Gasteiger partial charge in [0, 0.05) is 13.1 Å². The van der Waals surface area contributed by atoms with Crippen molar-refractivity contribution >= 4 is 17.5 Å². The van der Waals surface area contributed by atoms with Crippen LogP contribution in [0.4, 0.5) is 11.5 Å². The maximum atomic E-state index is 11.0. The summed E-state index contributed by atoms with van der Waals surface area (Å²) in [6.45, 7) is 6.22. The number of carboxylic acid groups (broad SMARTS) is 1. The highest BCUT2D eigenvalue weighted by Crippen LogP contribution is 2.27. The summed E-state index contributed by atoms with van der Waals surface area (Å²) in [6.07, 6.45) is 1.42. The van der Waals surface area contributed by atoms with Crippen LogP contribution in [0.3, 0.4) is 0 Å². The van der Waals surface area contributed by atoms with E-state index in [1.807, 2.05) is 0 Å². The third-order valence-corrected chi connectivity index (χ3v) is 3.46. The highest BCUT2D eigenvalue weighted by Gasteiger charge is 2.27. The molecule has 3 N–H and O–H groups in total. The normalized spacial score (nSPS) is 24.0. The summed E-state index contributed by atoms with van der Waals surface area (Å²) in [7, 11) is 0. The molecule has 2 unspecified atom stereocenters. The van der Waals surface area contributed by atoms with E-state index in [9.17, 15) is 4.79 Å². The summed E-state index contributed by atoms with van der Waals surface area (Å²) in [5, 5.41) is 9.01. The Morgan fingerprint density at radius 2 is 2.06 bits per heavy atom. The number of pyridine rings is 1. The molecule has 2 atom stereocenters. The van der Waals surface area contributed by atoms with Crippen LogP contribution in [-0.4, -0.2) is 29.1 Å². The number of aromatic nitrogens is 1. The van der Waals surface area contributed by atoms with Gasteiger partial charge in [-0.1, -0.05) is 13.8 Å². The molecule has 1 aromatic heterocycles. The van der Waals surface area contributed by atoms with Crippen LogP contribution < -0.4 is 10.6 Å². The summed E-state index contributed by atoms with van der Waals surface area (Å²) < 4.78 is 0. The standard InChI is InChI=1S/C12H17N3O2/c1-7-5-15(6-8(7)2)11-3-9(12(16)17)10(13)4-14-11/h3-4,7-8H,5-6,13H2,1-2H3,(H,16,17). The molecule has 0 aliphatic carbocycles. The van der Waals surface area contributed by atoms with E-state index in [1.54, 1.807) is 6.07 Å². The molecule has 0 radical (unpaired) electrons. The lowest BCUT2D eigenvalue weighted by molar-refractivity contribution is 0.0698. The van der Waals surface area contributed by atoms with Gasteiger partial charge in [-0.2, -0.15) is 0 Å². The first-order chi connectivity index (χ1) is 7.99.